The number of imide groups is 1. The third-order valence-corrected chi connectivity index (χ3v) is 8.76. The first-order valence-electron chi connectivity index (χ1n) is 13.1. The van der Waals surface area contributed by atoms with Crippen molar-refractivity contribution in [3.05, 3.63) is 87.1 Å². The molecule has 1 saturated heterocycles. The maximum absolute atomic E-state index is 14.0. The molecule has 12 heteroatoms. The number of aromatic nitrogens is 1. The van der Waals surface area contributed by atoms with Crippen molar-refractivity contribution in [2.45, 2.75) is 31.9 Å². The number of allylic oxidation sites excluding steroid dienone is 6. The Morgan fingerprint density at radius 1 is 1.07 bits per heavy atom. The topological polar surface area (TPSA) is 108 Å². The molecule has 1 fully saturated rings. The maximum atomic E-state index is 14.0. The summed E-state index contributed by atoms with van der Waals surface area (Å²) in [5.41, 5.74) is 0.810. The van der Waals surface area contributed by atoms with Gasteiger partial charge in [0.15, 0.2) is 17.4 Å². The highest BCUT2D eigenvalue weighted by Gasteiger charge is 2.57. The van der Waals surface area contributed by atoms with Crippen molar-refractivity contribution in [1.29, 1.82) is 0 Å². The van der Waals surface area contributed by atoms with Crippen molar-refractivity contribution < 1.29 is 37.5 Å². The molecule has 216 valence electrons. The first-order valence-corrected chi connectivity index (χ1v) is 13.5. The number of pyridine rings is 1. The van der Waals surface area contributed by atoms with Gasteiger partial charge in [-0.1, -0.05) is 35.4 Å². The summed E-state index contributed by atoms with van der Waals surface area (Å²) < 4.78 is 40.2. The molecule has 42 heavy (non-hydrogen) atoms. The largest absolute Gasteiger partial charge is 0.508 e. The summed E-state index contributed by atoms with van der Waals surface area (Å²) in [6.45, 7) is 1.56. The predicted octanol–water partition coefficient (Wildman–Crippen LogP) is 4.94. The second-order valence-electron chi connectivity index (χ2n) is 10.8. The summed E-state index contributed by atoms with van der Waals surface area (Å²) in [4.78, 5) is 57.8. The van der Waals surface area contributed by atoms with Crippen molar-refractivity contribution in [2.24, 2.45) is 17.8 Å². The van der Waals surface area contributed by atoms with Gasteiger partial charge in [0.25, 0.3) is 11.8 Å². The number of amides is 2. The lowest BCUT2D eigenvalue weighted by molar-refractivity contribution is -0.141. The van der Waals surface area contributed by atoms with Gasteiger partial charge in [-0.2, -0.15) is 18.2 Å². The van der Waals surface area contributed by atoms with Gasteiger partial charge in [0, 0.05) is 29.7 Å². The SMILES string of the molecule is CC1=CC(=O)C2=C(C1=O)C(c1cccc(O)c1)C1=CCC3C(=O)N(N(C)c4nc(C(F)(F)F)ccc4Cl)C(=O)C3C1C2. The van der Waals surface area contributed by atoms with E-state index in [0.717, 1.165) is 16.1 Å². The van der Waals surface area contributed by atoms with E-state index in [1.807, 2.05) is 0 Å². The zero-order valence-corrected chi connectivity index (χ0v) is 23.0. The molecule has 4 aliphatic rings. The number of rotatable bonds is 3. The van der Waals surface area contributed by atoms with E-state index in [0.29, 0.717) is 17.2 Å². The van der Waals surface area contributed by atoms with Gasteiger partial charge in [-0.05, 0) is 61.6 Å². The van der Waals surface area contributed by atoms with Crippen molar-refractivity contribution in [1.82, 2.24) is 9.99 Å². The minimum absolute atomic E-state index is 0.0329. The average Bonchev–Trinajstić information content (AvgIpc) is 3.19. The summed E-state index contributed by atoms with van der Waals surface area (Å²) in [5, 5.41) is 11.7. The summed E-state index contributed by atoms with van der Waals surface area (Å²) in [6.07, 6.45) is -1.55. The molecule has 1 aromatic carbocycles. The minimum atomic E-state index is -4.78. The molecule has 2 heterocycles. The second kappa shape index (κ2) is 9.65. The van der Waals surface area contributed by atoms with E-state index in [2.05, 4.69) is 4.98 Å². The van der Waals surface area contributed by atoms with E-state index in [9.17, 15) is 37.5 Å². The summed E-state index contributed by atoms with van der Waals surface area (Å²) in [6, 6.07) is 8.01. The monoisotopic (exact) mass is 597 g/mol. The predicted molar refractivity (Wildman–Crippen MR) is 144 cm³/mol. The maximum Gasteiger partial charge on any atom is 0.433 e. The third-order valence-electron chi connectivity index (χ3n) is 8.47. The van der Waals surface area contributed by atoms with Crippen LogP contribution in [0.4, 0.5) is 19.0 Å². The molecule has 0 saturated carbocycles. The molecule has 1 aromatic heterocycles. The van der Waals surface area contributed by atoms with Crippen molar-refractivity contribution in [3.8, 4) is 5.75 Å². The molecule has 6 rings (SSSR count). The Morgan fingerprint density at radius 2 is 1.81 bits per heavy atom. The highest BCUT2D eigenvalue weighted by molar-refractivity contribution is 6.33. The van der Waals surface area contributed by atoms with E-state index in [4.69, 9.17) is 11.6 Å². The van der Waals surface area contributed by atoms with Crippen molar-refractivity contribution in [3.63, 3.8) is 0 Å². The van der Waals surface area contributed by atoms with Crippen LogP contribution < -0.4 is 5.01 Å². The van der Waals surface area contributed by atoms with Gasteiger partial charge in [0.2, 0.25) is 0 Å². The summed E-state index contributed by atoms with van der Waals surface area (Å²) >= 11 is 6.16. The van der Waals surface area contributed by atoms with Crippen LogP contribution in [0.15, 0.2) is 70.8 Å². The molecule has 4 unspecified atom stereocenters. The lowest BCUT2D eigenvalue weighted by Crippen LogP contribution is -2.46. The molecule has 0 bridgehead atoms. The minimum Gasteiger partial charge on any atom is -0.508 e. The van der Waals surface area contributed by atoms with Gasteiger partial charge in [-0.15, -0.1) is 0 Å². The molecular weight excluding hydrogens is 575 g/mol. The number of benzene rings is 1. The molecule has 3 aliphatic carbocycles. The molecule has 0 radical (unpaired) electrons. The van der Waals surface area contributed by atoms with Gasteiger partial charge in [-0.3, -0.25) is 24.2 Å². The zero-order chi connectivity index (χ0) is 30.2. The standard InChI is InChI=1S/C30H23ClF3N3O5/c1-13-10-21(39)19-12-18-16(23(25(19)26(13)40)14-4-3-5-15(38)11-14)6-7-17-24(18)29(42)37(28(17)41)36(2)27-20(31)8-9-22(35-27)30(32,33)34/h3-6,8-11,17-18,23-24,38H,7,12H2,1-2H3. The fourth-order valence-electron chi connectivity index (χ4n) is 6.64. The molecule has 8 nitrogen and oxygen atoms in total. The van der Waals surface area contributed by atoms with Crippen LogP contribution in [0.5, 0.6) is 5.75 Å². The molecule has 4 atom stereocenters. The zero-order valence-electron chi connectivity index (χ0n) is 22.3. The summed E-state index contributed by atoms with van der Waals surface area (Å²) in [7, 11) is 1.24. The number of hydrogen-bond donors (Lipinski definition) is 1. The van der Waals surface area contributed by atoms with E-state index in [-0.39, 0.29) is 51.9 Å². The Labute approximate surface area is 242 Å². The molecule has 1 aliphatic heterocycles. The van der Waals surface area contributed by atoms with Crippen LogP contribution in [-0.2, 0) is 25.4 Å². The van der Waals surface area contributed by atoms with Crippen molar-refractivity contribution in [2.75, 3.05) is 12.1 Å². The number of ketones is 2. The van der Waals surface area contributed by atoms with E-state index >= 15 is 0 Å². The number of carbonyl (C=O) groups excluding carboxylic acids is 4. The number of nitrogens with zero attached hydrogens (tertiary/aromatic N) is 3. The van der Waals surface area contributed by atoms with Crippen LogP contribution in [0.25, 0.3) is 0 Å². The lowest BCUT2D eigenvalue weighted by atomic mass is 9.59. The van der Waals surface area contributed by atoms with Gasteiger partial charge in [-0.25, -0.2) is 4.98 Å². The molecule has 0 spiro atoms. The number of halogens is 4. The van der Waals surface area contributed by atoms with E-state index in [1.54, 1.807) is 25.1 Å². The highest BCUT2D eigenvalue weighted by atomic mass is 35.5. The molecule has 2 amide bonds. The Balaban J connectivity index is 1.43. The Hall–Kier alpha value is -4.25. The Bertz CT molecular complexity index is 1690. The number of fused-ring (bicyclic) bond motifs is 3. The van der Waals surface area contributed by atoms with Gasteiger partial charge in [0.1, 0.15) is 11.4 Å². The van der Waals surface area contributed by atoms with Crippen LogP contribution in [0.3, 0.4) is 0 Å². The van der Waals surface area contributed by atoms with Crippen molar-refractivity contribution >= 4 is 40.8 Å². The van der Waals surface area contributed by atoms with Gasteiger partial charge >= 0.3 is 6.18 Å². The number of carbonyl (C=O) groups is 4. The van der Waals surface area contributed by atoms with Crippen LogP contribution in [-0.4, -0.2) is 45.5 Å². The highest BCUT2D eigenvalue weighted by Crippen LogP contribution is 2.55. The van der Waals surface area contributed by atoms with Crippen LogP contribution >= 0.6 is 11.6 Å². The number of Topliss-reactive ketones (excluding diaryl/α,β-unsaturated/α-hetero) is 1. The molecule has 2 aromatic rings. The molecular formula is C30H23ClF3N3O5. The van der Waals surface area contributed by atoms with Gasteiger partial charge in [0.05, 0.1) is 16.9 Å². The van der Waals surface area contributed by atoms with E-state index in [1.165, 1.54) is 25.3 Å². The number of alkyl halides is 3. The van der Waals surface area contributed by atoms with Crippen LogP contribution in [0.2, 0.25) is 5.02 Å². The second-order valence-corrected chi connectivity index (χ2v) is 11.2. The fourth-order valence-corrected chi connectivity index (χ4v) is 6.86. The Kier molecular flexibility index (Phi) is 6.41. The number of aromatic hydroxyl groups is 1. The fraction of sp³-hybridized carbons (Fsp3) is 0.300. The number of hydrogen-bond acceptors (Lipinski definition) is 7. The van der Waals surface area contributed by atoms with Gasteiger partial charge < -0.3 is 5.11 Å². The number of phenolic OH excluding ortho intramolecular Hbond substituents is 1. The Morgan fingerprint density at radius 3 is 2.50 bits per heavy atom. The first-order chi connectivity index (χ1) is 19.8. The quantitative estimate of drug-likeness (QED) is 0.303. The van der Waals surface area contributed by atoms with Crippen LogP contribution in [0.1, 0.15) is 36.9 Å². The average molecular weight is 598 g/mol. The number of hydrazine groups is 1. The van der Waals surface area contributed by atoms with Crippen LogP contribution in [0, 0.1) is 17.8 Å². The first kappa shape index (κ1) is 27.9. The number of anilines is 1. The third kappa shape index (κ3) is 4.17. The van der Waals surface area contributed by atoms with E-state index < -0.39 is 53.2 Å². The summed E-state index contributed by atoms with van der Waals surface area (Å²) in [5.74, 6) is -5.62. The smallest absolute Gasteiger partial charge is 0.433 e. The molecule has 1 N–H and O–H groups in total. The normalized spacial score (nSPS) is 25.6. The lowest BCUT2D eigenvalue weighted by Gasteiger charge is -2.42. The number of phenols is 1.